The van der Waals surface area contributed by atoms with E-state index in [4.69, 9.17) is 9.41 Å². The first-order chi connectivity index (χ1) is 15.6. The van der Waals surface area contributed by atoms with Crippen molar-refractivity contribution in [1.29, 1.82) is 0 Å². The number of amides is 1. The summed E-state index contributed by atoms with van der Waals surface area (Å²) in [5.74, 6) is 1.09. The van der Waals surface area contributed by atoms with Crippen LogP contribution in [0.1, 0.15) is 54.3 Å². The molecule has 0 unspecified atom stereocenters. The second-order valence-corrected chi connectivity index (χ2v) is 8.35. The van der Waals surface area contributed by atoms with Gasteiger partial charge in [0.05, 0.1) is 6.26 Å². The fourth-order valence-electron chi connectivity index (χ4n) is 3.93. The van der Waals surface area contributed by atoms with Crippen molar-refractivity contribution in [3.8, 4) is 0 Å². The Kier molecular flexibility index (Phi) is 9.01. The molecule has 7 heteroatoms. The Morgan fingerprint density at radius 1 is 1.12 bits per heavy atom. The van der Waals surface area contributed by atoms with Crippen LogP contribution in [0.2, 0.25) is 0 Å². The van der Waals surface area contributed by atoms with E-state index in [9.17, 15) is 4.79 Å². The largest absolute Gasteiger partial charge is 0.459 e. The lowest BCUT2D eigenvalue weighted by molar-refractivity contribution is 0.0925. The maximum atomic E-state index is 12.1. The Balaban J connectivity index is 1.46. The van der Waals surface area contributed by atoms with E-state index in [-0.39, 0.29) is 5.91 Å². The monoisotopic (exact) mass is 439 g/mol. The van der Waals surface area contributed by atoms with Crippen molar-refractivity contribution in [3.63, 3.8) is 0 Å². The molecule has 174 valence electrons. The quantitative estimate of drug-likeness (QED) is 0.353. The van der Waals surface area contributed by atoms with Gasteiger partial charge in [-0.25, -0.2) is 0 Å². The molecule has 1 aromatic carbocycles. The molecule has 2 aromatic rings. The maximum Gasteiger partial charge on any atom is 0.287 e. The van der Waals surface area contributed by atoms with Crippen LogP contribution in [0.5, 0.6) is 0 Å². The first-order valence-electron chi connectivity index (χ1n) is 11.7. The number of nitrogens with one attached hydrogen (secondary N) is 2. The molecule has 0 atom stereocenters. The van der Waals surface area contributed by atoms with Crippen LogP contribution in [0, 0.1) is 6.92 Å². The van der Waals surface area contributed by atoms with E-state index in [0.717, 1.165) is 44.1 Å². The summed E-state index contributed by atoms with van der Waals surface area (Å²) in [6, 6.07) is 10.7. The molecule has 3 rings (SSSR count). The lowest BCUT2D eigenvalue weighted by atomic mass is 10.1. The molecular weight excluding hydrogens is 402 g/mol. The average Bonchev–Trinajstić information content (AvgIpc) is 3.25. The van der Waals surface area contributed by atoms with Gasteiger partial charge >= 0.3 is 0 Å². The van der Waals surface area contributed by atoms with Crippen molar-refractivity contribution >= 4 is 17.6 Å². The van der Waals surface area contributed by atoms with Gasteiger partial charge in [-0.2, -0.15) is 0 Å². The van der Waals surface area contributed by atoms with Gasteiger partial charge in [-0.1, -0.05) is 12.1 Å². The number of aliphatic imine (C=N–C) groups is 1. The highest BCUT2D eigenvalue weighted by Crippen LogP contribution is 2.20. The van der Waals surface area contributed by atoms with E-state index in [1.165, 1.54) is 36.8 Å². The van der Waals surface area contributed by atoms with Crippen LogP contribution < -0.4 is 15.5 Å². The highest BCUT2D eigenvalue weighted by molar-refractivity contribution is 5.92. The van der Waals surface area contributed by atoms with Crippen molar-refractivity contribution in [2.24, 2.45) is 4.99 Å². The van der Waals surface area contributed by atoms with Gasteiger partial charge in [0.2, 0.25) is 0 Å². The molecule has 32 heavy (non-hydrogen) atoms. The number of guanidine groups is 1. The maximum absolute atomic E-state index is 12.1. The van der Waals surface area contributed by atoms with Crippen molar-refractivity contribution in [1.82, 2.24) is 15.5 Å². The van der Waals surface area contributed by atoms with Gasteiger partial charge in [-0.3, -0.25) is 9.79 Å². The Bertz CT molecular complexity index is 869. The summed E-state index contributed by atoms with van der Waals surface area (Å²) < 4.78 is 5.22. The molecule has 2 N–H and O–H groups in total. The number of anilines is 1. The van der Waals surface area contributed by atoms with Gasteiger partial charge in [0.25, 0.3) is 5.91 Å². The number of hydrogen-bond acceptors (Lipinski definition) is 4. The van der Waals surface area contributed by atoms with Gasteiger partial charge in [-0.15, -0.1) is 0 Å². The third-order valence-corrected chi connectivity index (χ3v) is 5.72. The molecule has 1 aromatic heterocycles. The number of nitrogens with zero attached hydrogens (tertiary/aromatic N) is 3. The molecule has 1 aliphatic rings. The number of hydrogen-bond donors (Lipinski definition) is 2. The number of aryl methyl sites for hydroxylation is 1. The van der Waals surface area contributed by atoms with Crippen molar-refractivity contribution in [2.75, 3.05) is 44.7 Å². The summed E-state index contributed by atoms with van der Waals surface area (Å²) in [6.07, 6.45) is 6.23. The highest BCUT2D eigenvalue weighted by atomic mass is 16.3. The SMILES string of the molecule is CCNC(=NCCCNC(=O)c1occc1C)N(C)Cc1ccc(N2CCCCC2)cc1. The predicted octanol–water partition coefficient (Wildman–Crippen LogP) is 3.80. The molecule has 1 aliphatic heterocycles. The Labute approximate surface area is 191 Å². The molecule has 1 amide bonds. The number of piperidine rings is 1. The molecule has 7 nitrogen and oxygen atoms in total. The molecule has 0 saturated carbocycles. The molecule has 0 bridgehead atoms. The Morgan fingerprint density at radius 3 is 2.53 bits per heavy atom. The average molecular weight is 440 g/mol. The molecule has 0 spiro atoms. The van der Waals surface area contributed by atoms with Crippen LogP contribution >= 0.6 is 0 Å². The summed E-state index contributed by atoms with van der Waals surface area (Å²) in [7, 11) is 2.06. The second-order valence-electron chi connectivity index (χ2n) is 8.35. The summed E-state index contributed by atoms with van der Waals surface area (Å²) in [6.45, 7) is 9.06. The lowest BCUT2D eigenvalue weighted by Gasteiger charge is -2.29. The zero-order valence-corrected chi connectivity index (χ0v) is 19.7. The minimum atomic E-state index is -0.173. The minimum absolute atomic E-state index is 0.173. The fraction of sp³-hybridized carbons (Fsp3) is 0.520. The first-order valence-corrected chi connectivity index (χ1v) is 11.7. The van der Waals surface area contributed by atoms with E-state index in [0.29, 0.717) is 18.8 Å². The van der Waals surface area contributed by atoms with Crippen LogP contribution in [0.25, 0.3) is 0 Å². The summed E-state index contributed by atoms with van der Waals surface area (Å²) >= 11 is 0. The Hall–Kier alpha value is -2.96. The minimum Gasteiger partial charge on any atom is -0.459 e. The van der Waals surface area contributed by atoms with E-state index in [1.54, 1.807) is 6.07 Å². The first kappa shape index (κ1) is 23.7. The highest BCUT2D eigenvalue weighted by Gasteiger charge is 2.13. The summed E-state index contributed by atoms with van der Waals surface area (Å²) in [4.78, 5) is 21.4. The van der Waals surface area contributed by atoms with Gasteiger partial charge in [0.15, 0.2) is 11.7 Å². The number of carbonyl (C=O) groups is 1. The molecule has 0 aliphatic carbocycles. The van der Waals surface area contributed by atoms with Crippen molar-refractivity contribution in [2.45, 2.75) is 46.1 Å². The van der Waals surface area contributed by atoms with Gasteiger partial charge < -0.3 is 24.9 Å². The van der Waals surface area contributed by atoms with Crippen LogP contribution in [0.15, 0.2) is 46.0 Å². The third kappa shape index (κ3) is 6.77. The molecule has 0 radical (unpaired) electrons. The van der Waals surface area contributed by atoms with Crippen molar-refractivity contribution < 1.29 is 9.21 Å². The van der Waals surface area contributed by atoms with Crippen LogP contribution in [0.4, 0.5) is 5.69 Å². The predicted molar refractivity (Wildman–Crippen MR) is 130 cm³/mol. The standard InChI is InChI=1S/C25H37N5O2/c1-4-26-25(28-15-8-14-27-24(31)23-20(2)13-18-32-23)29(3)19-21-9-11-22(12-10-21)30-16-6-5-7-17-30/h9-13,18H,4-8,14-17,19H2,1-3H3,(H,26,28)(H,27,31). The van der Waals surface area contributed by atoms with Crippen LogP contribution in [-0.2, 0) is 6.54 Å². The Morgan fingerprint density at radius 2 is 1.88 bits per heavy atom. The van der Waals surface area contributed by atoms with Gasteiger partial charge in [0.1, 0.15) is 0 Å². The fourth-order valence-corrected chi connectivity index (χ4v) is 3.93. The number of benzene rings is 1. The van der Waals surface area contributed by atoms with Crippen LogP contribution in [-0.4, -0.2) is 56.5 Å². The van der Waals surface area contributed by atoms with E-state index >= 15 is 0 Å². The summed E-state index contributed by atoms with van der Waals surface area (Å²) in [5, 5.41) is 6.25. The normalized spacial score (nSPS) is 14.3. The molecule has 2 heterocycles. The van der Waals surface area contributed by atoms with E-state index in [1.807, 2.05) is 6.92 Å². The molecular formula is C25H37N5O2. The number of rotatable bonds is 9. The molecule has 1 saturated heterocycles. The van der Waals surface area contributed by atoms with Crippen LogP contribution in [0.3, 0.4) is 0 Å². The number of furan rings is 1. The molecule has 1 fully saturated rings. The van der Waals surface area contributed by atoms with Gasteiger partial charge in [0, 0.05) is 57.6 Å². The zero-order chi connectivity index (χ0) is 22.8. The van der Waals surface area contributed by atoms with Gasteiger partial charge in [-0.05, 0) is 63.3 Å². The zero-order valence-electron chi connectivity index (χ0n) is 19.7. The van der Waals surface area contributed by atoms with Crippen molar-refractivity contribution in [3.05, 3.63) is 53.5 Å². The number of carbonyl (C=O) groups excluding carboxylic acids is 1. The summed E-state index contributed by atoms with van der Waals surface area (Å²) in [5.41, 5.74) is 3.43. The topological polar surface area (TPSA) is 73.1 Å². The lowest BCUT2D eigenvalue weighted by Crippen LogP contribution is -2.38. The second kappa shape index (κ2) is 12.2. The third-order valence-electron chi connectivity index (χ3n) is 5.72. The smallest absolute Gasteiger partial charge is 0.287 e. The van der Waals surface area contributed by atoms with E-state index in [2.05, 4.69) is 58.7 Å². The van der Waals surface area contributed by atoms with E-state index < -0.39 is 0 Å².